The number of hydrogen-bond acceptors (Lipinski definition) is 2. The molecule has 0 atom stereocenters. The second kappa shape index (κ2) is 12.5. The quantitative estimate of drug-likeness (QED) is 0.373. The van der Waals surface area contributed by atoms with E-state index in [4.69, 9.17) is 4.99 Å². The van der Waals surface area contributed by atoms with Crippen LogP contribution < -0.4 is 10.6 Å². The third-order valence-corrected chi connectivity index (χ3v) is 4.60. The fraction of sp³-hybridized carbons (Fsp3) is 0.650. The molecule has 1 aromatic carbocycles. The van der Waals surface area contributed by atoms with Gasteiger partial charge in [0.2, 0.25) is 0 Å². The minimum Gasteiger partial charge on any atom is -0.357 e. The van der Waals surface area contributed by atoms with Crippen LogP contribution in [-0.4, -0.2) is 49.6 Å². The molecule has 0 amide bonds. The Labute approximate surface area is 170 Å². The van der Waals surface area contributed by atoms with Crippen LogP contribution in [-0.2, 0) is 6.42 Å². The van der Waals surface area contributed by atoms with Gasteiger partial charge in [0.05, 0.1) is 0 Å². The zero-order valence-electron chi connectivity index (χ0n) is 16.1. The Hall–Kier alpha value is -0.820. The van der Waals surface area contributed by atoms with E-state index in [1.807, 2.05) is 0 Å². The van der Waals surface area contributed by atoms with Crippen LogP contribution >= 0.6 is 24.0 Å². The highest BCUT2D eigenvalue weighted by Gasteiger charge is 2.19. The number of nitrogens with one attached hydrogen (secondary N) is 2. The molecule has 2 N–H and O–H groups in total. The molecule has 0 radical (unpaired) electrons. The lowest BCUT2D eigenvalue weighted by Gasteiger charge is -2.32. The van der Waals surface area contributed by atoms with E-state index in [1.165, 1.54) is 50.0 Å². The van der Waals surface area contributed by atoms with Crippen molar-refractivity contribution in [2.24, 2.45) is 4.99 Å². The smallest absolute Gasteiger partial charge is 0.191 e. The molecule has 0 bridgehead atoms. The van der Waals surface area contributed by atoms with Crippen molar-refractivity contribution in [3.63, 3.8) is 0 Å². The number of guanidine groups is 1. The normalized spacial score (nSPS) is 16.4. The highest BCUT2D eigenvalue weighted by Crippen LogP contribution is 2.10. The van der Waals surface area contributed by atoms with Crippen LogP contribution in [0.4, 0.5) is 0 Å². The molecule has 25 heavy (non-hydrogen) atoms. The molecule has 1 fully saturated rings. The number of hydrogen-bond donors (Lipinski definition) is 2. The molecule has 1 aliphatic rings. The Kier molecular flexibility index (Phi) is 11.1. The molecule has 1 heterocycles. The summed E-state index contributed by atoms with van der Waals surface area (Å²) in [6.45, 7) is 11.9. The van der Waals surface area contributed by atoms with Crippen molar-refractivity contribution in [1.82, 2.24) is 15.5 Å². The van der Waals surface area contributed by atoms with Crippen molar-refractivity contribution in [3.05, 3.63) is 35.4 Å². The van der Waals surface area contributed by atoms with Gasteiger partial charge < -0.3 is 15.5 Å². The maximum Gasteiger partial charge on any atom is 0.191 e. The zero-order valence-corrected chi connectivity index (χ0v) is 18.4. The number of aliphatic imine (C=N–C) groups is 1. The van der Waals surface area contributed by atoms with Crippen LogP contribution in [0.1, 0.15) is 44.2 Å². The second-order valence-corrected chi connectivity index (χ2v) is 6.76. The maximum absolute atomic E-state index is 4.76. The maximum atomic E-state index is 4.76. The Morgan fingerprint density at radius 3 is 2.44 bits per heavy atom. The van der Waals surface area contributed by atoms with E-state index in [-0.39, 0.29) is 24.0 Å². The van der Waals surface area contributed by atoms with Crippen molar-refractivity contribution in [3.8, 4) is 0 Å². The highest BCUT2D eigenvalue weighted by atomic mass is 127. The van der Waals surface area contributed by atoms with E-state index in [1.54, 1.807) is 0 Å². The van der Waals surface area contributed by atoms with Crippen molar-refractivity contribution in [2.75, 3.05) is 32.7 Å². The van der Waals surface area contributed by atoms with Crippen LogP contribution in [0.15, 0.2) is 29.3 Å². The first-order chi connectivity index (χ1) is 11.7. The van der Waals surface area contributed by atoms with E-state index in [9.17, 15) is 0 Å². The predicted molar refractivity (Wildman–Crippen MR) is 119 cm³/mol. The van der Waals surface area contributed by atoms with Crippen LogP contribution in [0.5, 0.6) is 0 Å². The first kappa shape index (κ1) is 22.2. The Morgan fingerprint density at radius 2 is 1.84 bits per heavy atom. The lowest BCUT2D eigenvalue weighted by molar-refractivity contribution is 0.206. The van der Waals surface area contributed by atoms with Gasteiger partial charge in [-0.3, -0.25) is 4.99 Å². The second-order valence-electron chi connectivity index (χ2n) is 6.76. The first-order valence-corrected chi connectivity index (χ1v) is 9.54. The van der Waals surface area contributed by atoms with Gasteiger partial charge in [0.15, 0.2) is 5.96 Å². The number of likely N-dealkylation sites (tertiary alicyclic amines) is 1. The Bertz CT molecular complexity index is 493. The van der Waals surface area contributed by atoms with E-state index >= 15 is 0 Å². The molecule has 0 unspecified atom stereocenters. The lowest BCUT2D eigenvalue weighted by atomic mass is 10.1. The number of rotatable bonds is 7. The molecular formula is C20H35IN4. The Morgan fingerprint density at radius 1 is 1.16 bits per heavy atom. The van der Waals surface area contributed by atoms with Gasteiger partial charge in [0.25, 0.3) is 0 Å². The van der Waals surface area contributed by atoms with Gasteiger partial charge in [0, 0.05) is 32.2 Å². The summed E-state index contributed by atoms with van der Waals surface area (Å²) in [6, 6.07) is 9.30. The van der Waals surface area contributed by atoms with Crippen molar-refractivity contribution in [1.29, 1.82) is 0 Å². The van der Waals surface area contributed by atoms with Gasteiger partial charge in [-0.15, -0.1) is 24.0 Å². The molecule has 1 saturated heterocycles. The van der Waals surface area contributed by atoms with Crippen LogP contribution in [0.25, 0.3) is 0 Å². The average Bonchev–Trinajstić information content (AvgIpc) is 2.59. The third-order valence-electron chi connectivity index (χ3n) is 4.60. The van der Waals surface area contributed by atoms with Gasteiger partial charge >= 0.3 is 0 Å². The molecule has 1 aliphatic heterocycles. The molecule has 4 nitrogen and oxygen atoms in total. The molecule has 0 aliphatic carbocycles. The van der Waals surface area contributed by atoms with Crippen LogP contribution in [0.3, 0.4) is 0 Å². The lowest BCUT2D eigenvalue weighted by Crippen LogP contribution is -2.48. The SMILES string of the molecule is CCCN1CCC(NC(=NCCc2ccc(C)cc2)NCC)CC1.I. The van der Waals surface area contributed by atoms with E-state index in [0.717, 1.165) is 25.5 Å². The summed E-state index contributed by atoms with van der Waals surface area (Å²) >= 11 is 0. The zero-order chi connectivity index (χ0) is 17.2. The topological polar surface area (TPSA) is 39.7 Å². The molecule has 0 saturated carbocycles. The van der Waals surface area contributed by atoms with E-state index in [0.29, 0.717) is 6.04 Å². The number of benzene rings is 1. The summed E-state index contributed by atoms with van der Waals surface area (Å²) in [7, 11) is 0. The summed E-state index contributed by atoms with van der Waals surface area (Å²) in [4.78, 5) is 7.33. The van der Waals surface area contributed by atoms with Crippen molar-refractivity contribution >= 4 is 29.9 Å². The van der Waals surface area contributed by atoms with Gasteiger partial charge in [0.1, 0.15) is 0 Å². The molecule has 1 aromatic rings. The number of piperidine rings is 1. The van der Waals surface area contributed by atoms with Gasteiger partial charge in [-0.25, -0.2) is 0 Å². The molecule has 5 heteroatoms. The minimum atomic E-state index is 0. The summed E-state index contributed by atoms with van der Waals surface area (Å²) in [5, 5.41) is 7.01. The monoisotopic (exact) mass is 458 g/mol. The Balaban J connectivity index is 0.00000312. The predicted octanol–water partition coefficient (Wildman–Crippen LogP) is 3.59. The minimum absolute atomic E-state index is 0. The van der Waals surface area contributed by atoms with Gasteiger partial charge in [-0.1, -0.05) is 36.8 Å². The van der Waals surface area contributed by atoms with Crippen LogP contribution in [0.2, 0.25) is 0 Å². The molecule has 0 spiro atoms. The average molecular weight is 458 g/mol. The summed E-state index contributed by atoms with van der Waals surface area (Å²) < 4.78 is 0. The fourth-order valence-electron chi connectivity index (χ4n) is 3.18. The van der Waals surface area contributed by atoms with Crippen LogP contribution in [0, 0.1) is 6.92 Å². The molecule has 0 aromatic heterocycles. The summed E-state index contributed by atoms with van der Waals surface area (Å²) in [6.07, 6.45) is 4.66. The summed E-state index contributed by atoms with van der Waals surface area (Å²) in [5.41, 5.74) is 2.67. The summed E-state index contributed by atoms with van der Waals surface area (Å²) in [5.74, 6) is 0.971. The van der Waals surface area contributed by atoms with E-state index < -0.39 is 0 Å². The molecule has 142 valence electrons. The highest BCUT2D eigenvalue weighted by molar-refractivity contribution is 14.0. The fourth-order valence-corrected chi connectivity index (χ4v) is 3.18. The number of aryl methyl sites for hydroxylation is 1. The van der Waals surface area contributed by atoms with Crippen molar-refractivity contribution in [2.45, 2.75) is 52.5 Å². The molecule has 2 rings (SSSR count). The number of nitrogens with zero attached hydrogens (tertiary/aromatic N) is 2. The van der Waals surface area contributed by atoms with E-state index in [2.05, 4.69) is 60.6 Å². The van der Waals surface area contributed by atoms with Crippen molar-refractivity contribution < 1.29 is 0 Å². The standard InChI is InChI=1S/C20H34N4.HI/c1-4-14-24-15-11-19(12-16-24)23-20(21-5-2)22-13-10-18-8-6-17(3)7-9-18;/h6-9,19H,4-5,10-16H2,1-3H3,(H2,21,22,23);1H. The first-order valence-electron chi connectivity index (χ1n) is 9.54. The van der Waals surface area contributed by atoms with Gasteiger partial charge in [-0.2, -0.15) is 0 Å². The number of halogens is 1. The van der Waals surface area contributed by atoms with Gasteiger partial charge in [-0.05, 0) is 51.6 Å². The largest absolute Gasteiger partial charge is 0.357 e. The third kappa shape index (κ3) is 8.40. The molecular weight excluding hydrogens is 423 g/mol.